The Morgan fingerprint density at radius 2 is 1.63 bits per heavy atom. The summed E-state index contributed by atoms with van der Waals surface area (Å²) in [6, 6.07) is 0.126. The van der Waals surface area contributed by atoms with Crippen molar-refractivity contribution in [3.05, 3.63) is 0 Å². The summed E-state index contributed by atoms with van der Waals surface area (Å²) in [5.74, 6) is 1.30. The van der Waals surface area contributed by atoms with Crippen molar-refractivity contribution >= 4 is 9.84 Å². The summed E-state index contributed by atoms with van der Waals surface area (Å²) < 4.78 is 25.6. The fourth-order valence-corrected chi connectivity index (χ4v) is 5.67. The van der Waals surface area contributed by atoms with Crippen molar-refractivity contribution in [1.82, 2.24) is 5.32 Å². The number of nitrogens with one attached hydrogen (secondary N) is 1. The van der Waals surface area contributed by atoms with Gasteiger partial charge in [-0.1, -0.05) is 27.7 Å². The second-order valence-electron chi connectivity index (χ2n) is 6.79. The Labute approximate surface area is 119 Å². The lowest BCUT2D eigenvalue weighted by atomic mass is 9.79. The Kier molecular flexibility index (Phi) is 5.87. The Morgan fingerprint density at radius 1 is 1.05 bits per heavy atom. The lowest BCUT2D eigenvalue weighted by Gasteiger charge is -2.39. The molecule has 4 unspecified atom stereocenters. The molecule has 1 aliphatic carbocycles. The van der Waals surface area contributed by atoms with E-state index in [1.165, 1.54) is 0 Å². The SMILES string of the molecule is CNC1CCC(C(C)C)CC1S(=O)(=O)C(C)C(C)C. The van der Waals surface area contributed by atoms with Crippen molar-refractivity contribution in [3.8, 4) is 0 Å². The van der Waals surface area contributed by atoms with Crippen LogP contribution in [0.4, 0.5) is 0 Å². The largest absolute Gasteiger partial charge is 0.316 e. The Hall–Kier alpha value is -0.0900. The van der Waals surface area contributed by atoms with Crippen LogP contribution in [0, 0.1) is 17.8 Å². The minimum Gasteiger partial charge on any atom is -0.316 e. The molecule has 0 bridgehead atoms. The third-order valence-electron chi connectivity index (χ3n) is 5.02. The van der Waals surface area contributed by atoms with Crippen LogP contribution in [-0.2, 0) is 9.84 Å². The minimum atomic E-state index is -3.05. The van der Waals surface area contributed by atoms with Gasteiger partial charge in [-0.05, 0) is 51.0 Å². The lowest BCUT2D eigenvalue weighted by molar-refractivity contribution is 0.245. The van der Waals surface area contributed by atoms with Crippen molar-refractivity contribution in [2.24, 2.45) is 17.8 Å². The molecule has 4 atom stereocenters. The first-order valence-electron chi connectivity index (χ1n) is 7.61. The molecule has 4 heteroatoms. The smallest absolute Gasteiger partial charge is 0.157 e. The van der Waals surface area contributed by atoms with Gasteiger partial charge >= 0.3 is 0 Å². The van der Waals surface area contributed by atoms with Gasteiger partial charge in [0.2, 0.25) is 0 Å². The van der Waals surface area contributed by atoms with Crippen LogP contribution in [0.1, 0.15) is 53.9 Å². The molecule has 0 aliphatic heterocycles. The summed E-state index contributed by atoms with van der Waals surface area (Å²) in [4.78, 5) is 0. The second kappa shape index (κ2) is 6.57. The quantitative estimate of drug-likeness (QED) is 0.846. The zero-order valence-corrected chi connectivity index (χ0v) is 14.1. The molecule has 0 amide bonds. The normalized spacial score (nSPS) is 30.8. The van der Waals surface area contributed by atoms with Crippen LogP contribution < -0.4 is 5.32 Å². The first-order valence-corrected chi connectivity index (χ1v) is 9.22. The highest BCUT2D eigenvalue weighted by molar-refractivity contribution is 7.92. The van der Waals surface area contributed by atoms with Gasteiger partial charge in [0, 0.05) is 6.04 Å². The van der Waals surface area contributed by atoms with E-state index in [0.29, 0.717) is 11.8 Å². The van der Waals surface area contributed by atoms with Gasteiger partial charge in [0.1, 0.15) is 0 Å². The van der Waals surface area contributed by atoms with Gasteiger partial charge in [-0.3, -0.25) is 0 Å². The summed E-state index contributed by atoms with van der Waals surface area (Å²) in [5, 5.41) is 2.77. The number of hydrogen-bond donors (Lipinski definition) is 1. The Balaban J connectivity index is 2.98. The number of hydrogen-bond acceptors (Lipinski definition) is 3. The van der Waals surface area contributed by atoms with E-state index in [1.807, 2.05) is 27.8 Å². The number of rotatable bonds is 5. The minimum absolute atomic E-state index is 0.126. The molecule has 0 aromatic heterocycles. The van der Waals surface area contributed by atoms with Gasteiger partial charge in [0.05, 0.1) is 10.5 Å². The maximum Gasteiger partial charge on any atom is 0.157 e. The van der Waals surface area contributed by atoms with E-state index >= 15 is 0 Å². The molecule has 1 fully saturated rings. The van der Waals surface area contributed by atoms with Gasteiger partial charge in [-0.15, -0.1) is 0 Å². The molecule has 0 aromatic rings. The van der Waals surface area contributed by atoms with E-state index in [1.54, 1.807) is 0 Å². The molecule has 1 rings (SSSR count). The van der Waals surface area contributed by atoms with Gasteiger partial charge in [0.15, 0.2) is 9.84 Å². The maximum atomic E-state index is 12.8. The first-order chi connectivity index (χ1) is 8.71. The van der Waals surface area contributed by atoms with Crippen molar-refractivity contribution in [1.29, 1.82) is 0 Å². The highest BCUT2D eigenvalue weighted by atomic mass is 32.2. The monoisotopic (exact) mass is 289 g/mol. The summed E-state index contributed by atoms with van der Waals surface area (Å²) in [5.41, 5.74) is 0. The first kappa shape index (κ1) is 17.0. The predicted octanol–water partition coefficient (Wildman–Crippen LogP) is 2.86. The van der Waals surface area contributed by atoms with Crippen molar-refractivity contribution < 1.29 is 8.42 Å². The standard InChI is InChI=1S/C15H31NO2S/c1-10(2)12(5)19(17,18)15-9-13(11(3)4)7-8-14(15)16-6/h10-16H,7-9H2,1-6H3. The van der Waals surface area contributed by atoms with E-state index in [4.69, 9.17) is 0 Å². The van der Waals surface area contributed by atoms with Crippen molar-refractivity contribution in [3.63, 3.8) is 0 Å². The van der Waals surface area contributed by atoms with Crippen LogP contribution in [0.3, 0.4) is 0 Å². The van der Waals surface area contributed by atoms with Crippen LogP contribution in [0.25, 0.3) is 0 Å². The van der Waals surface area contributed by atoms with Crippen LogP contribution in [-0.4, -0.2) is 32.0 Å². The van der Waals surface area contributed by atoms with Crippen LogP contribution in [0.5, 0.6) is 0 Å². The second-order valence-corrected chi connectivity index (χ2v) is 9.32. The topological polar surface area (TPSA) is 46.2 Å². The van der Waals surface area contributed by atoms with Crippen LogP contribution in [0.2, 0.25) is 0 Å². The van der Waals surface area contributed by atoms with E-state index in [-0.39, 0.29) is 22.5 Å². The van der Waals surface area contributed by atoms with Crippen molar-refractivity contribution in [2.45, 2.75) is 70.4 Å². The predicted molar refractivity (Wildman–Crippen MR) is 82.0 cm³/mol. The Morgan fingerprint density at radius 3 is 2.05 bits per heavy atom. The molecule has 1 aliphatic rings. The third-order valence-corrected chi connectivity index (χ3v) is 7.97. The van der Waals surface area contributed by atoms with Crippen LogP contribution >= 0.6 is 0 Å². The van der Waals surface area contributed by atoms with Gasteiger partial charge in [-0.25, -0.2) is 8.42 Å². The molecule has 0 saturated heterocycles. The fourth-order valence-electron chi connectivity index (χ4n) is 3.11. The summed E-state index contributed by atoms with van der Waals surface area (Å²) in [7, 11) is -1.16. The molecular formula is C15H31NO2S. The Bertz CT molecular complexity index is 376. The highest BCUT2D eigenvalue weighted by Crippen LogP contribution is 2.35. The maximum absolute atomic E-state index is 12.8. The third kappa shape index (κ3) is 3.72. The zero-order chi connectivity index (χ0) is 14.8. The van der Waals surface area contributed by atoms with E-state index in [0.717, 1.165) is 19.3 Å². The van der Waals surface area contributed by atoms with Crippen molar-refractivity contribution in [2.75, 3.05) is 7.05 Å². The molecule has 19 heavy (non-hydrogen) atoms. The molecule has 114 valence electrons. The molecular weight excluding hydrogens is 258 g/mol. The number of sulfone groups is 1. The van der Waals surface area contributed by atoms with E-state index in [9.17, 15) is 8.42 Å². The van der Waals surface area contributed by atoms with E-state index in [2.05, 4.69) is 19.2 Å². The van der Waals surface area contributed by atoms with E-state index < -0.39 is 9.84 Å². The zero-order valence-electron chi connectivity index (χ0n) is 13.3. The summed E-state index contributed by atoms with van der Waals surface area (Å²) in [6.45, 7) is 10.3. The molecule has 0 heterocycles. The van der Waals surface area contributed by atoms with Crippen LogP contribution in [0.15, 0.2) is 0 Å². The lowest BCUT2D eigenvalue weighted by Crippen LogP contribution is -2.50. The summed E-state index contributed by atoms with van der Waals surface area (Å²) in [6.07, 6.45) is 2.95. The van der Waals surface area contributed by atoms with Gasteiger partial charge < -0.3 is 5.32 Å². The highest BCUT2D eigenvalue weighted by Gasteiger charge is 2.42. The molecule has 3 nitrogen and oxygen atoms in total. The average molecular weight is 289 g/mol. The molecule has 0 radical (unpaired) electrons. The van der Waals surface area contributed by atoms with Gasteiger partial charge in [0.25, 0.3) is 0 Å². The molecule has 0 spiro atoms. The average Bonchev–Trinajstić information content (AvgIpc) is 2.36. The molecule has 1 saturated carbocycles. The van der Waals surface area contributed by atoms with Gasteiger partial charge in [-0.2, -0.15) is 0 Å². The fraction of sp³-hybridized carbons (Fsp3) is 1.00. The molecule has 1 N–H and O–H groups in total. The molecule has 0 aromatic carbocycles. The summed E-state index contributed by atoms with van der Waals surface area (Å²) >= 11 is 0.